The van der Waals surface area contributed by atoms with E-state index in [4.69, 9.17) is 4.74 Å². The lowest BCUT2D eigenvalue weighted by Crippen LogP contribution is -1.79. The Morgan fingerprint density at radius 2 is 2.00 bits per heavy atom. The van der Waals surface area contributed by atoms with Crippen molar-refractivity contribution in [3.8, 4) is 5.06 Å². The van der Waals surface area contributed by atoms with Gasteiger partial charge in [0.2, 0.25) is 0 Å². The summed E-state index contributed by atoms with van der Waals surface area (Å²) in [6.07, 6.45) is 0. The molecular weight excluding hydrogens is 180 g/mol. The highest BCUT2D eigenvalue weighted by atomic mass is 32.1. The Labute approximate surface area is 82.0 Å². The van der Waals surface area contributed by atoms with E-state index >= 15 is 0 Å². The average molecular weight is 192 g/mol. The van der Waals surface area contributed by atoms with Crippen molar-refractivity contribution in [2.75, 3.05) is 7.11 Å². The first kappa shape index (κ1) is 8.57. The van der Waals surface area contributed by atoms with E-state index in [0.717, 1.165) is 5.06 Å². The third kappa shape index (κ3) is 1.31. The zero-order valence-electron chi connectivity index (χ0n) is 8.05. The van der Waals surface area contributed by atoms with Gasteiger partial charge in [0, 0.05) is 10.3 Å². The van der Waals surface area contributed by atoms with Gasteiger partial charge in [0.25, 0.3) is 0 Å². The van der Waals surface area contributed by atoms with Crippen LogP contribution in [-0.4, -0.2) is 7.11 Å². The van der Waals surface area contributed by atoms with Crippen LogP contribution in [0.5, 0.6) is 5.06 Å². The maximum absolute atomic E-state index is 5.29. The Morgan fingerprint density at radius 3 is 2.69 bits per heavy atom. The number of benzene rings is 1. The molecule has 1 aromatic heterocycles. The lowest BCUT2D eigenvalue weighted by Gasteiger charge is -1.95. The van der Waals surface area contributed by atoms with E-state index in [-0.39, 0.29) is 0 Å². The van der Waals surface area contributed by atoms with E-state index in [9.17, 15) is 0 Å². The first-order valence-corrected chi connectivity index (χ1v) is 5.08. The van der Waals surface area contributed by atoms with Crippen molar-refractivity contribution in [2.24, 2.45) is 0 Å². The SMILES string of the molecule is COc1sc2ccc(C)cc2c1C. The number of hydrogen-bond acceptors (Lipinski definition) is 2. The molecule has 0 saturated heterocycles. The number of methoxy groups -OCH3 is 1. The molecule has 0 fully saturated rings. The van der Waals surface area contributed by atoms with Crippen molar-refractivity contribution in [1.82, 2.24) is 0 Å². The van der Waals surface area contributed by atoms with Crippen molar-refractivity contribution in [3.05, 3.63) is 29.3 Å². The summed E-state index contributed by atoms with van der Waals surface area (Å²) >= 11 is 1.71. The minimum absolute atomic E-state index is 1.03. The van der Waals surface area contributed by atoms with Gasteiger partial charge in [0.05, 0.1) is 7.11 Å². The van der Waals surface area contributed by atoms with Crippen LogP contribution in [0.15, 0.2) is 18.2 Å². The maximum Gasteiger partial charge on any atom is 0.177 e. The molecule has 0 radical (unpaired) electrons. The van der Waals surface area contributed by atoms with Crippen LogP contribution in [0.25, 0.3) is 10.1 Å². The van der Waals surface area contributed by atoms with Crippen molar-refractivity contribution < 1.29 is 4.74 Å². The molecule has 0 aliphatic heterocycles. The molecule has 13 heavy (non-hydrogen) atoms. The Hall–Kier alpha value is -1.02. The molecule has 0 spiro atoms. The molecule has 0 aliphatic rings. The van der Waals surface area contributed by atoms with Crippen LogP contribution in [0.3, 0.4) is 0 Å². The molecule has 68 valence electrons. The molecule has 1 heterocycles. The fourth-order valence-corrected chi connectivity index (χ4v) is 2.51. The fraction of sp³-hybridized carbons (Fsp3) is 0.273. The zero-order valence-corrected chi connectivity index (χ0v) is 8.87. The second-order valence-corrected chi connectivity index (χ2v) is 4.23. The molecule has 2 rings (SSSR count). The highest BCUT2D eigenvalue weighted by molar-refractivity contribution is 7.21. The number of fused-ring (bicyclic) bond motifs is 1. The summed E-state index contributed by atoms with van der Waals surface area (Å²) in [5.74, 6) is 0. The minimum atomic E-state index is 1.03. The van der Waals surface area contributed by atoms with Crippen LogP contribution in [0, 0.1) is 13.8 Å². The second-order valence-electron chi connectivity index (χ2n) is 3.22. The summed E-state index contributed by atoms with van der Waals surface area (Å²) < 4.78 is 6.59. The fourth-order valence-electron chi connectivity index (χ4n) is 1.51. The standard InChI is InChI=1S/C11H12OS/c1-7-4-5-10-9(6-7)8(2)11(12-3)13-10/h4-6H,1-3H3. The van der Waals surface area contributed by atoms with Crippen molar-refractivity contribution in [3.63, 3.8) is 0 Å². The number of ether oxygens (including phenoxy) is 1. The lowest BCUT2D eigenvalue weighted by atomic mass is 10.1. The van der Waals surface area contributed by atoms with Crippen molar-refractivity contribution >= 4 is 21.4 Å². The molecule has 0 N–H and O–H groups in total. The number of rotatable bonds is 1. The molecule has 1 nitrogen and oxygen atoms in total. The summed E-state index contributed by atoms with van der Waals surface area (Å²) in [6, 6.07) is 6.51. The Balaban J connectivity index is 2.77. The Morgan fingerprint density at radius 1 is 1.23 bits per heavy atom. The number of thiophene rings is 1. The summed E-state index contributed by atoms with van der Waals surface area (Å²) in [5.41, 5.74) is 2.56. The normalized spacial score (nSPS) is 10.7. The van der Waals surface area contributed by atoms with Crippen LogP contribution >= 0.6 is 11.3 Å². The zero-order chi connectivity index (χ0) is 9.42. The van der Waals surface area contributed by atoms with Gasteiger partial charge in [0.1, 0.15) is 0 Å². The summed E-state index contributed by atoms with van der Waals surface area (Å²) in [4.78, 5) is 0. The molecule has 0 saturated carbocycles. The Bertz CT molecular complexity index is 443. The van der Waals surface area contributed by atoms with Gasteiger partial charge < -0.3 is 4.74 Å². The molecule has 0 bridgehead atoms. The van der Waals surface area contributed by atoms with E-state index in [1.165, 1.54) is 21.2 Å². The highest BCUT2D eigenvalue weighted by Crippen LogP contribution is 2.36. The van der Waals surface area contributed by atoms with Gasteiger partial charge in [-0.2, -0.15) is 0 Å². The monoisotopic (exact) mass is 192 g/mol. The van der Waals surface area contributed by atoms with E-state index in [2.05, 4.69) is 32.0 Å². The van der Waals surface area contributed by atoms with E-state index in [0.29, 0.717) is 0 Å². The van der Waals surface area contributed by atoms with E-state index in [1.54, 1.807) is 18.4 Å². The summed E-state index contributed by atoms with van der Waals surface area (Å²) in [7, 11) is 1.73. The average Bonchev–Trinajstić information content (AvgIpc) is 2.44. The van der Waals surface area contributed by atoms with Crippen LogP contribution < -0.4 is 4.74 Å². The third-order valence-electron chi connectivity index (χ3n) is 2.23. The van der Waals surface area contributed by atoms with Crippen LogP contribution in [0.1, 0.15) is 11.1 Å². The molecule has 1 aromatic carbocycles. The first-order chi connectivity index (χ1) is 6.22. The predicted octanol–water partition coefficient (Wildman–Crippen LogP) is 3.53. The topological polar surface area (TPSA) is 9.23 Å². The van der Waals surface area contributed by atoms with Gasteiger partial charge in [-0.25, -0.2) is 0 Å². The largest absolute Gasteiger partial charge is 0.487 e. The van der Waals surface area contributed by atoms with Crippen molar-refractivity contribution in [2.45, 2.75) is 13.8 Å². The number of aryl methyl sites for hydroxylation is 2. The lowest BCUT2D eigenvalue weighted by molar-refractivity contribution is 0.425. The molecule has 0 amide bonds. The van der Waals surface area contributed by atoms with Crippen LogP contribution in [0.4, 0.5) is 0 Å². The van der Waals surface area contributed by atoms with Crippen LogP contribution in [-0.2, 0) is 0 Å². The molecular formula is C11H12OS. The minimum Gasteiger partial charge on any atom is -0.487 e. The summed E-state index contributed by atoms with van der Waals surface area (Å²) in [5, 5.41) is 2.35. The predicted molar refractivity (Wildman–Crippen MR) is 57.9 cm³/mol. The van der Waals surface area contributed by atoms with Gasteiger partial charge >= 0.3 is 0 Å². The third-order valence-corrected chi connectivity index (χ3v) is 3.47. The van der Waals surface area contributed by atoms with Gasteiger partial charge in [-0.3, -0.25) is 0 Å². The Kier molecular flexibility index (Phi) is 2.00. The van der Waals surface area contributed by atoms with E-state index in [1.807, 2.05) is 0 Å². The summed E-state index contributed by atoms with van der Waals surface area (Å²) in [6.45, 7) is 4.22. The molecule has 0 aliphatic carbocycles. The highest BCUT2D eigenvalue weighted by Gasteiger charge is 2.07. The van der Waals surface area contributed by atoms with Gasteiger partial charge in [0.15, 0.2) is 5.06 Å². The molecule has 2 heteroatoms. The molecule has 2 aromatic rings. The molecule has 0 atom stereocenters. The first-order valence-electron chi connectivity index (χ1n) is 4.26. The second kappa shape index (κ2) is 3.04. The van der Waals surface area contributed by atoms with Gasteiger partial charge in [-0.1, -0.05) is 29.0 Å². The number of hydrogen-bond donors (Lipinski definition) is 0. The van der Waals surface area contributed by atoms with Crippen LogP contribution in [0.2, 0.25) is 0 Å². The molecule has 0 unspecified atom stereocenters. The van der Waals surface area contributed by atoms with Gasteiger partial charge in [-0.05, 0) is 25.3 Å². The quantitative estimate of drug-likeness (QED) is 0.671. The van der Waals surface area contributed by atoms with Crippen molar-refractivity contribution in [1.29, 1.82) is 0 Å². The van der Waals surface area contributed by atoms with Gasteiger partial charge in [-0.15, -0.1) is 0 Å². The maximum atomic E-state index is 5.29. The van der Waals surface area contributed by atoms with E-state index < -0.39 is 0 Å². The smallest absolute Gasteiger partial charge is 0.177 e.